The molecular weight excluding hydrogens is 302 g/mol. The van der Waals surface area contributed by atoms with Crippen molar-refractivity contribution >= 4 is 17.4 Å². The maximum atomic E-state index is 12.2. The van der Waals surface area contributed by atoms with Crippen LogP contribution in [0.1, 0.15) is 35.3 Å². The molecule has 3 N–H and O–H groups in total. The highest BCUT2D eigenvalue weighted by Gasteiger charge is 2.12. The molecule has 1 aliphatic heterocycles. The summed E-state index contributed by atoms with van der Waals surface area (Å²) in [6.07, 6.45) is 7.94. The molecule has 2 aromatic rings. The first-order chi connectivity index (χ1) is 11.7. The van der Waals surface area contributed by atoms with Crippen molar-refractivity contribution in [2.24, 2.45) is 0 Å². The number of carbonyl (C=O) groups excluding carboxylic acids is 1. The first-order valence-electron chi connectivity index (χ1n) is 8.41. The molecule has 6 heteroatoms. The van der Waals surface area contributed by atoms with Gasteiger partial charge in [-0.25, -0.2) is 9.97 Å². The van der Waals surface area contributed by atoms with Crippen LogP contribution in [0.5, 0.6) is 0 Å². The number of nitrogens with one attached hydrogen (secondary N) is 1. The summed E-state index contributed by atoms with van der Waals surface area (Å²) >= 11 is 0. The number of piperidine rings is 1. The van der Waals surface area contributed by atoms with Crippen LogP contribution in [0, 0.1) is 0 Å². The molecule has 0 spiro atoms. The lowest BCUT2D eigenvalue weighted by Crippen LogP contribution is -2.31. The van der Waals surface area contributed by atoms with Gasteiger partial charge in [-0.2, -0.15) is 0 Å². The monoisotopic (exact) mass is 325 g/mol. The van der Waals surface area contributed by atoms with Gasteiger partial charge in [0.2, 0.25) is 0 Å². The second-order valence-electron chi connectivity index (χ2n) is 6.09. The van der Waals surface area contributed by atoms with Crippen molar-refractivity contribution in [2.75, 3.05) is 30.7 Å². The van der Waals surface area contributed by atoms with Gasteiger partial charge < -0.3 is 16.0 Å². The Morgan fingerprint density at radius 3 is 2.50 bits per heavy atom. The van der Waals surface area contributed by atoms with Crippen LogP contribution in [-0.4, -0.2) is 40.4 Å². The molecule has 0 atom stereocenters. The molecule has 3 rings (SSSR count). The quantitative estimate of drug-likeness (QED) is 0.881. The van der Waals surface area contributed by atoms with E-state index in [0.29, 0.717) is 0 Å². The number of nitrogens with zero attached hydrogens (tertiary/aromatic N) is 3. The molecule has 24 heavy (non-hydrogen) atoms. The highest BCUT2D eigenvalue weighted by atomic mass is 16.1. The van der Waals surface area contributed by atoms with E-state index in [1.54, 1.807) is 0 Å². The van der Waals surface area contributed by atoms with Gasteiger partial charge in [-0.1, -0.05) is 18.6 Å². The SMILES string of the molecule is Nc1nccnc1C(=O)Nc1ccc(CCN2CCCCC2)cc1. The second-order valence-corrected chi connectivity index (χ2v) is 6.09. The summed E-state index contributed by atoms with van der Waals surface area (Å²) in [5, 5.41) is 2.80. The van der Waals surface area contributed by atoms with Crippen LogP contribution < -0.4 is 11.1 Å². The zero-order valence-electron chi connectivity index (χ0n) is 13.7. The van der Waals surface area contributed by atoms with Crippen LogP contribution in [0.3, 0.4) is 0 Å². The lowest BCUT2D eigenvalue weighted by atomic mass is 10.1. The standard InChI is InChI=1S/C18H23N5O/c19-17-16(20-9-10-21-17)18(24)22-15-6-4-14(5-7-15)8-13-23-11-2-1-3-12-23/h4-7,9-10H,1-3,8,11-13H2,(H2,19,21)(H,22,24). The number of benzene rings is 1. The van der Waals surface area contributed by atoms with Gasteiger partial charge in [-0.3, -0.25) is 4.79 Å². The Hall–Kier alpha value is -2.47. The number of carbonyl (C=O) groups is 1. The molecule has 1 aromatic heterocycles. The number of hydrogen-bond acceptors (Lipinski definition) is 5. The van der Waals surface area contributed by atoms with Crippen molar-refractivity contribution < 1.29 is 4.79 Å². The number of hydrogen-bond donors (Lipinski definition) is 2. The first kappa shape index (κ1) is 16.4. The smallest absolute Gasteiger partial charge is 0.278 e. The third-order valence-corrected chi connectivity index (χ3v) is 4.32. The van der Waals surface area contributed by atoms with E-state index in [0.717, 1.165) is 18.7 Å². The molecule has 2 heterocycles. The van der Waals surface area contributed by atoms with Crippen LogP contribution in [-0.2, 0) is 6.42 Å². The lowest BCUT2D eigenvalue weighted by Gasteiger charge is -2.26. The Morgan fingerprint density at radius 2 is 1.79 bits per heavy atom. The highest BCUT2D eigenvalue weighted by Crippen LogP contribution is 2.14. The van der Waals surface area contributed by atoms with Gasteiger partial charge in [-0.05, 0) is 50.0 Å². The molecule has 0 radical (unpaired) electrons. The normalized spacial score (nSPS) is 15.2. The van der Waals surface area contributed by atoms with Crippen molar-refractivity contribution in [1.82, 2.24) is 14.9 Å². The Kier molecular flexibility index (Phi) is 5.38. The van der Waals surface area contributed by atoms with Gasteiger partial charge >= 0.3 is 0 Å². The molecule has 1 fully saturated rings. The van der Waals surface area contributed by atoms with E-state index in [2.05, 4.69) is 32.3 Å². The molecule has 1 aromatic carbocycles. The summed E-state index contributed by atoms with van der Waals surface area (Å²) in [6, 6.07) is 7.94. The number of anilines is 2. The van der Waals surface area contributed by atoms with Crippen LogP contribution in [0.4, 0.5) is 11.5 Å². The van der Waals surface area contributed by atoms with E-state index in [1.165, 1.54) is 50.3 Å². The predicted octanol–water partition coefficient (Wildman–Crippen LogP) is 2.34. The molecule has 0 bridgehead atoms. The third kappa shape index (κ3) is 4.29. The number of likely N-dealkylation sites (tertiary alicyclic amines) is 1. The van der Waals surface area contributed by atoms with Crippen LogP contribution in [0.15, 0.2) is 36.7 Å². The van der Waals surface area contributed by atoms with Gasteiger partial charge in [0.05, 0.1) is 0 Å². The number of nitrogens with two attached hydrogens (primary N) is 1. The zero-order valence-corrected chi connectivity index (χ0v) is 13.7. The fourth-order valence-corrected chi connectivity index (χ4v) is 2.94. The second kappa shape index (κ2) is 7.88. The Balaban J connectivity index is 1.54. The van der Waals surface area contributed by atoms with E-state index >= 15 is 0 Å². The average Bonchev–Trinajstić information content (AvgIpc) is 2.62. The van der Waals surface area contributed by atoms with E-state index in [1.807, 2.05) is 12.1 Å². The number of nitrogen functional groups attached to an aromatic ring is 1. The third-order valence-electron chi connectivity index (χ3n) is 4.32. The van der Waals surface area contributed by atoms with Crippen LogP contribution in [0.25, 0.3) is 0 Å². The van der Waals surface area contributed by atoms with E-state index in [-0.39, 0.29) is 17.4 Å². The first-order valence-corrected chi connectivity index (χ1v) is 8.41. The Morgan fingerprint density at radius 1 is 1.08 bits per heavy atom. The van der Waals surface area contributed by atoms with Crippen LogP contribution in [0.2, 0.25) is 0 Å². The molecule has 6 nitrogen and oxygen atoms in total. The van der Waals surface area contributed by atoms with E-state index in [9.17, 15) is 4.79 Å². The highest BCUT2D eigenvalue weighted by molar-refractivity contribution is 6.05. The zero-order chi connectivity index (χ0) is 16.8. The largest absolute Gasteiger partial charge is 0.382 e. The maximum absolute atomic E-state index is 12.2. The minimum absolute atomic E-state index is 0.133. The molecule has 1 saturated heterocycles. The van der Waals surface area contributed by atoms with Crippen molar-refractivity contribution in [3.63, 3.8) is 0 Å². The molecule has 0 saturated carbocycles. The minimum atomic E-state index is -0.346. The van der Waals surface area contributed by atoms with Gasteiger partial charge in [0.1, 0.15) is 0 Å². The fourth-order valence-electron chi connectivity index (χ4n) is 2.94. The van der Waals surface area contributed by atoms with E-state index < -0.39 is 0 Å². The van der Waals surface area contributed by atoms with Crippen molar-refractivity contribution in [1.29, 1.82) is 0 Å². The summed E-state index contributed by atoms with van der Waals surface area (Å²) in [4.78, 5) is 22.5. The van der Waals surface area contributed by atoms with Crippen molar-refractivity contribution in [3.8, 4) is 0 Å². The Bertz CT molecular complexity index is 680. The molecule has 1 amide bonds. The topological polar surface area (TPSA) is 84.1 Å². The summed E-state index contributed by atoms with van der Waals surface area (Å²) in [5.41, 5.74) is 7.82. The predicted molar refractivity (Wildman–Crippen MR) is 94.8 cm³/mol. The Labute approximate surface area is 142 Å². The molecule has 0 unspecified atom stereocenters. The van der Waals surface area contributed by atoms with Gasteiger partial charge in [0.25, 0.3) is 5.91 Å². The number of rotatable bonds is 5. The van der Waals surface area contributed by atoms with Gasteiger partial charge in [0, 0.05) is 24.6 Å². The average molecular weight is 325 g/mol. The fraction of sp³-hybridized carbons (Fsp3) is 0.389. The van der Waals surface area contributed by atoms with Crippen molar-refractivity contribution in [2.45, 2.75) is 25.7 Å². The number of aromatic nitrogens is 2. The molecular formula is C18H23N5O. The summed E-state index contributed by atoms with van der Waals surface area (Å²) in [7, 11) is 0. The summed E-state index contributed by atoms with van der Waals surface area (Å²) < 4.78 is 0. The van der Waals surface area contributed by atoms with E-state index in [4.69, 9.17) is 5.73 Å². The molecule has 0 aliphatic carbocycles. The summed E-state index contributed by atoms with van der Waals surface area (Å²) in [5.74, 6) is -0.213. The minimum Gasteiger partial charge on any atom is -0.382 e. The summed E-state index contributed by atoms with van der Waals surface area (Å²) in [6.45, 7) is 3.53. The van der Waals surface area contributed by atoms with Crippen molar-refractivity contribution in [3.05, 3.63) is 47.9 Å². The maximum Gasteiger partial charge on any atom is 0.278 e. The van der Waals surface area contributed by atoms with Crippen LogP contribution >= 0.6 is 0 Å². The lowest BCUT2D eigenvalue weighted by molar-refractivity contribution is 0.102. The molecule has 126 valence electrons. The number of amides is 1. The molecule has 1 aliphatic rings. The van der Waals surface area contributed by atoms with Gasteiger partial charge in [-0.15, -0.1) is 0 Å². The van der Waals surface area contributed by atoms with Gasteiger partial charge in [0.15, 0.2) is 11.5 Å².